The first-order chi connectivity index (χ1) is 7.83. The number of rotatable bonds is 1. The van der Waals surface area contributed by atoms with Crippen molar-refractivity contribution in [2.75, 3.05) is 0 Å². The van der Waals surface area contributed by atoms with E-state index in [2.05, 4.69) is 15.1 Å². The number of aromatic nitrogens is 4. The summed E-state index contributed by atoms with van der Waals surface area (Å²) in [5.74, 6) is 0.284. The molecular formula is C11H7FN4. The van der Waals surface area contributed by atoms with Crippen molar-refractivity contribution in [3.05, 3.63) is 48.7 Å². The van der Waals surface area contributed by atoms with E-state index in [-0.39, 0.29) is 5.82 Å². The lowest BCUT2D eigenvalue weighted by atomic mass is 10.2. The molecule has 0 radical (unpaired) electrons. The number of benzene rings is 1. The number of hydrogen-bond donors (Lipinski definition) is 0. The molecule has 0 saturated carbocycles. The average molecular weight is 214 g/mol. The largest absolute Gasteiger partial charge is 0.250 e. The van der Waals surface area contributed by atoms with Gasteiger partial charge in [-0.2, -0.15) is 5.10 Å². The summed E-state index contributed by atoms with van der Waals surface area (Å²) >= 11 is 0. The standard InChI is InChI=1S/C11H7FN4/c12-9-3-1-8(2-4-9)10-7-14-11-13-5-6-16(11)15-10/h1-7H. The molecule has 2 heterocycles. The van der Waals surface area contributed by atoms with E-state index in [9.17, 15) is 4.39 Å². The summed E-state index contributed by atoms with van der Waals surface area (Å²) in [6, 6.07) is 6.13. The fourth-order valence-corrected chi connectivity index (χ4v) is 1.47. The van der Waals surface area contributed by atoms with Crippen molar-refractivity contribution in [3.8, 4) is 11.3 Å². The minimum atomic E-state index is -0.264. The first-order valence-electron chi connectivity index (χ1n) is 4.75. The molecule has 0 spiro atoms. The molecular weight excluding hydrogens is 207 g/mol. The van der Waals surface area contributed by atoms with Crippen molar-refractivity contribution < 1.29 is 4.39 Å². The van der Waals surface area contributed by atoms with Gasteiger partial charge in [0.15, 0.2) is 0 Å². The van der Waals surface area contributed by atoms with Gasteiger partial charge in [-0.3, -0.25) is 0 Å². The van der Waals surface area contributed by atoms with Crippen LogP contribution in [-0.2, 0) is 0 Å². The van der Waals surface area contributed by atoms with Gasteiger partial charge >= 0.3 is 0 Å². The summed E-state index contributed by atoms with van der Waals surface area (Å²) in [6.07, 6.45) is 4.97. The Balaban J connectivity index is 2.14. The highest BCUT2D eigenvalue weighted by atomic mass is 19.1. The van der Waals surface area contributed by atoms with Crippen LogP contribution in [0, 0.1) is 5.82 Å². The van der Waals surface area contributed by atoms with Gasteiger partial charge in [-0.25, -0.2) is 18.9 Å². The Labute approximate surface area is 90.4 Å². The molecule has 3 aromatic rings. The molecule has 5 heteroatoms. The van der Waals surface area contributed by atoms with Crippen LogP contribution in [0.1, 0.15) is 0 Å². The van der Waals surface area contributed by atoms with Crippen LogP contribution in [0.4, 0.5) is 4.39 Å². The second-order valence-electron chi connectivity index (χ2n) is 3.32. The van der Waals surface area contributed by atoms with E-state index in [4.69, 9.17) is 0 Å². The first kappa shape index (κ1) is 8.96. The molecule has 0 unspecified atom stereocenters. The van der Waals surface area contributed by atoms with E-state index in [0.29, 0.717) is 11.5 Å². The normalized spacial score (nSPS) is 10.8. The third-order valence-corrected chi connectivity index (χ3v) is 2.26. The Morgan fingerprint density at radius 3 is 2.69 bits per heavy atom. The molecule has 4 nitrogen and oxygen atoms in total. The lowest BCUT2D eigenvalue weighted by Gasteiger charge is -2.00. The number of hydrogen-bond acceptors (Lipinski definition) is 3. The molecule has 0 aliphatic rings. The van der Waals surface area contributed by atoms with Gasteiger partial charge in [0.05, 0.1) is 12.4 Å². The van der Waals surface area contributed by atoms with Crippen LogP contribution in [0.2, 0.25) is 0 Å². The quantitative estimate of drug-likeness (QED) is 0.621. The first-order valence-corrected chi connectivity index (χ1v) is 4.75. The van der Waals surface area contributed by atoms with Crippen LogP contribution in [0.5, 0.6) is 0 Å². The molecule has 0 aliphatic heterocycles. The van der Waals surface area contributed by atoms with Gasteiger partial charge in [0.1, 0.15) is 11.5 Å². The van der Waals surface area contributed by atoms with Crippen LogP contribution < -0.4 is 0 Å². The van der Waals surface area contributed by atoms with Crippen molar-refractivity contribution >= 4 is 5.78 Å². The van der Waals surface area contributed by atoms with E-state index < -0.39 is 0 Å². The maximum atomic E-state index is 12.8. The van der Waals surface area contributed by atoms with E-state index >= 15 is 0 Å². The summed E-state index contributed by atoms with van der Waals surface area (Å²) < 4.78 is 14.3. The van der Waals surface area contributed by atoms with Crippen LogP contribution in [0.3, 0.4) is 0 Å². The Kier molecular flexibility index (Phi) is 1.89. The van der Waals surface area contributed by atoms with Crippen molar-refractivity contribution in [1.82, 2.24) is 19.6 Å². The molecule has 0 atom stereocenters. The number of halogens is 1. The maximum Gasteiger partial charge on any atom is 0.250 e. The molecule has 1 aromatic carbocycles. The summed E-state index contributed by atoms with van der Waals surface area (Å²) in [5, 5.41) is 4.30. The monoisotopic (exact) mass is 214 g/mol. The van der Waals surface area contributed by atoms with Crippen molar-refractivity contribution in [2.45, 2.75) is 0 Å². The fourth-order valence-electron chi connectivity index (χ4n) is 1.47. The molecule has 0 amide bonds. The van der Waals surface area contributed by atoms with Gasteiger partial charge in [0, 0.05) is 11.8 Å². The molecule has 78 valence electrons. The highest BCUT2D eigenvalue weighted by molar-refractivity contribution is 5.57. The average Bonchev–Trinajstić information content (AvgIpc) is 2.77. The predicted octanol–water partition coefficient (Wildman–Crippen LogP) is 1.93. The van der Waals surface area contributed by atoms with Crippen molar-refractivity contribution in [1.29, 1.82) is 0 Å². The van der Waals surface area contributed by atoms with Crippen LogP contribution >= 0.6 is 0 Å². The summed E-state index contributed by atoms with van der Waals surface area (Å²) in [7, 11) is 0. The highest BCUT2D eigenvalue weighted by Crippen LogP contribution is 2.15. The van der Waals surface area contributed by atoms with E-state index in [0.717, 1.165) is 5.56 Å². The van der Waals surface area contributed by atoms with Gasteiger partial charge in [-0.15, -0.1) is 0 Å². The minimum absolute atomic E-state index is 0.264. The lowest BCUT2D eigenvalue weighted by Crippen LogP contribution is -1.96. The predicted molar refractivity (Wildman–Crippen MR) is 56.2 cm³/mol. The third-order valence-electron chi connectivity index (χ3n) is 2.26. The Bertz CT molecular complexity index is 630. The van der Waals surface area contributed by atoms with Gasteiger partial charge in [0.25, 0.3) is 5.78 Å². The van der Waals surface area contributed by atoms with E-state index in [1.165, 1.54) is 12.1 Å². The maximum absolute atomic E-state index is 12.8. The Hall–Kier alpha value is -2.30. The number of nitrogens with zero attached hydrogens (tertiary/aromatic N) is 4. The lowest BCUT2D eigenvalue weighted by molar-refractivity contribution is 0.628. The molecule has 0 saturated heterocycles. The van der Waals surface area contributed by atoms with Crippen molar-refractivity contribution in [3.63, 3.8) is 0 Å². The smallest absolute Gasteiger partial charge is 0.218 e. The molecule has 2 aromatic heterocycles. The van der Waals surface area contributed by atoms with E-state index in [1.807, 2.05) is 0 Å². The second-order valence-corrected chi connectivity index (χ2v) is 3.32. The highest BCUT2D eigenvalue weighted by Gasteiger charge is 2.02. The van der Waals surface area contributed by atoms with Crippen LogP contribution in [0.25, 0.3) is 17.0 Å². The van der Waals surface area contributed by atoms with Crippen LogP contribution in [-0.4, -0.2) is 19.6 Å². The number of imidazole rings is 1. The molecule has 3 rings (SSSR count). The van der Waals surface area contributed by atoms with Crippen LogP contribution in [0.15, 0.2) is 42.9 Å². The molecule has 16 heavy (non-hydrogen) atoms. The summed E-state index contributed by atoms with van der Waals surface area (Å²) in [4.78, 5) is 8.13. The van der Waals surface area contributed by atoms with Gasteiger partial charge < -0.3 is 0 Å². The van der Waals surface area contributed by atoms with E-state index in [1.54, 1.807) is 35.2 Å². The SMILES string of the molecule is Fc1ccc(-c2cnc3nccn3n2)cc1. The molecule has 0 N–H and O–H groups in total. The van der Waals surface area contributed by atoms with Gasteiger partial charge in [-0.1, -0.05) is 0 Å². The Morgan fingerprint density at radius 2 is 1.88 bits per heavy atom. The van der Waals surface area contributed by atoms with Crippen molar-refractivity contribution in [2.24, 2.45) is 0 Å². The number of fused-ring (bicyclic) bond motifs is 1. The zero-order valence-electron chi connectivity index (χ0n) is 8.21. The zero-order valence-corrected chi connectivity index (χ0v) is 8.21. The fraction of sp³-hybridized carbons (Fsp3) is 0. The van der Waals surface area contributed by atoms with Gasteiger partial charge in [0.2, 0.25) is 0 Å². The molecule has 0 bridgehead atoms. The Morgan fingerprint density at radius 1 is 1.06 bits per heavy atom. The zero-order chi connectivity index (χ0) is 11.0. The summed E-state index contributed by atoms with van der Waals surface area (Å²) in [6.45, 7) is 0. The topological polar surface area (TPSA) is 43.1 Å². The third kappa shape index (κ3) is 1.42. The van der Waals surface area contributed by atoms with Gasteiger partial charge in [-0.05, 0) is 24.3 Å². The summed E-state index contributed by atoms with van der Waals surface area (Å²) in [5.41, 5.74) is 1.51. The second kappa shape index (κ2) is 3.37. The molecule has 0 fully saturated rings. The minimum Gasteiger partial charge on any atom is -0.218 e. The molecule has 0 aliphatic carbocycles.